The largest absolute Gasteiger partial charge is 0.321 e. The van der Waals surface area contributed by atoms with Gasteiger partial charge in [0, 0.05) is 35.9 Å². The second-order valence-electron chi connectivity index (χ2n) is 7.42. The molecule has 0 radical (unpaired) electrons. The molecule has 0 spiro atoms. The maximum absolute atomic E-state index is 13.2. The van der Waals surface area contributed by atoms with Crippen LogP contribution in [-0.4, -0.2) is 36.7 Å². The Morgan fingerprint density at radius 3 is 2.44 bits per heavy atom. The average Bonchev–Trinajstić information content (AvgIpc) is 3.25. The zero-order valence-electron chi connectivity index (χ0n) is 18.4. The number of nitrogens with zero attached hydrogens (tertiary/aromatic N) is 2. The van der Waals surface area contributed by atoms with Crippen molar-refractivity contribution in [3.8, 4) is 11.1 Å². The fraction of sp³-hybridized carbons (Fsp3) is 0.167. The molecule has 4 aromatic rings. The van der Waals surface area contributed by atoms with Crippen molar-refractivity contribution in [1.82, 2.24) is 9.29 Å². The van der Waals surface area contributed by atoms with Gasteiger partial charge in [0.05, 0.1) is 9.90 Å². The van der Waals surface area contributed by atoms with Gasteiger partial charge in [-0.25, -0.2) is 17.8 Å². The van der Waals surface area contributed by atoms with Crippen LogP contribution in [0.5, 0.6) is 0 Å². The van der Waals surface area contributed by atoms with E-state index < -0.39 is 10.0 Å². The van der Waals surface area contributed by atoms with Crippen molar-refractivity contribution >= 4 is 54.8 Å². The maximum atomic E-state index is 13.2. The van der Waals surface area contributed by atoms with E-state index in [2.05, 4.69) is 10.3 Å². The van der Waals surface area contributed by atoms with Crippen LogP contribution in [0.15, 0.2) is 65.7 Å². The van der Waals surface area contributed by atoms with Crippen molar-refractivity contribution in [2.24, 2.45) is 0 Å². The minimum Gasteiger partial charge on any atom is -0.321 e. The molecule has 0 saturated carbocycles. The van der Waals surface area contributed by atoms with Crippen LogP contribution in [-0.2, 0) is 10.0 Å². The van der Waals surface area contributed by atoms with Gasteiger partial charge in [-0.1, -0.05) is 37.6 Å². The summed E-state index contributed by atoms with van der Waals surface area (Å²) >= 11 is 7.39. The van der Waals surface area contributed by atoms with E-state index in [0.29, 0.717) is 28.5 Å². The number of benzene rings is 2. The molecule has 0 aliphatic rings. The predicted molar refractivity (Wildman–Crippen MR) is 135 cm³/mol. The van der Waals surface area contributed by atoms with Crippen LogP contribution >= 0.6 is 22.9 Å². The molecule has 2 heterocycles. The number of aromatic nitrogens is 1. The molecule has 1 N–H and O–H groups in total. The normalized spacial score (nSPS) is 11.8. The van der Waals surface area contributed by atoms with Crippen LogP contribution in [0.25, 0.3) is 21.3 Å². The molecule has 2 aromatic carbocycles. The van der Waals surface area contributed by atoms with Gasteiger partial charge in [0.15, 0.2) is 0 Å². The first kappa shape index (κ1) is 24.3. The molecule has 0 bridgehead atoms. The summed E-state index contributed by atoms with van der Waals surface area (Å²) in [7, 11) is -3.79. The molecule has 4 rings (SSSR count). The summed E-state index contributed by atoms with van der Waals surface area (Å²) in [5, 5.41) is 3.61. The topological polar surface area (TPSA) is 79.4 Å². The van der Waals surface area contributed by atoms with Crippen molar-refractivity contribution in [3.63, 3.8) is 0 Å². The second kappa shape index (κ2) is 9.79. The first-order valence-corrected chi connectivity index (χ1v) is 13.1. The smallest absolute Gasteiger partial charge is 0.265 e. The van der Waals surface area contributed by atoms with E-state index in [0.717, 1.165) is 16.5 Å². The summed E-state index contributed by atoms with van der Waals surface area (Å²) in [5.74, 6) is -0.706. The summed E-state index contributed by atoms with van der Waals surface area (Å²) < 4.78 is 40.3. The summed E-state index contributed by atoms with van der Waals surface area (Å²) in [6.45, 7) is 4.11. The van der Waals surface area contributed by atoms with E-state index in [1.807, 2.05) is 6.07 Å². The van der Waals surface area contributed by atoms with Gasteiger partial charge in [-0.15, -0.1) is 11.3 Å². The molecule has 34 heavy (non-hydrogen) atoms. The number of hydrogen-bond acceptors (Lipinski definition) is 5. The Morgan fingerprint density at radius 1 is 1.06 bits per heavy atom. The highest BCUT2D eigenvalue weighted by molar-refractivity contribution is 7.89. The van der Waals surface area contributed by atoms with Crippen molar-refractivity contribution in [2.45, 2.75) is 18.7 Å². The Kier molecular flexibility index (Phi) is 6.99. The first-order chi connectivity index (χ1) is 16.2. The zero-order valence-corrected chi connectivity index (χ0v) is 20.8. The third kappa shape index (κ3) is 4.83. The molecule has 2 aromatic heterocycles. The fourth-order valence-corrected chi connectivity index (χ4v) is 6.36. The third-order valence-corrected chi connectivity index (χ3v) is 8.87. The minimum absolute atomic E-state index is 0.0578. The summed E-state index contributed by atoms with van der Waals surface area (Å²) in [5.41, 5.74) is 1.94. The summed E-state index contributed by atoms with van der Waals surface area (Å²) in [6.07, 6.45) is 1.68. The number of halogens is 2. The lowest BCUT2D eigenvalue weighted by Crippen LogP contribution is -2.30. The Labute approximate surface area is 206 Å². The number of sulfonamides is 1. The molecule has 0 aliphatic carbocycles. The number of hydrogen-bond donors (Lipinski definition) is 1. The number of anilines is 1. The average molecular weight is 518 g/mol. The predicted octanol–water partition coefficient (Wildman–Crippen LogP) is 6.04. The van der Waals surface area contributed by atoms with E-state index in [4.69, 9.17) is 11.6 Å². The number of fused-ring (bicyclic) bond motifs is 1. The molecule has 176 valence electrons. The van der Waals surface area contributed by atoms with E-state index in [-0.39, 0.29) is 21.6 Å². The van der Waals surface area contributed by atoms with Gasteiger partial charge in [-0.05, 0) is 48.0 Å². The summed E-state index contributed by atoms with van der Waals surface area (Å²) in [4.78, 5) is 18.4. The highest BCUT2D eigenvalue weighted by Gasteiger charge is 2.25. The molecular formula is C24H21ClFN3O3S2. The van der Waals surface area contributed by atoms with Crippen LogP contribution in [0.2, 0.25) is 5.02 Å². The molecule has 0 unspecified atom stereocenters. The highest BCUT2D eigenvalue weighted by atomic mass is 35.5. The Morgan fingerprint density at radius 2 is 1.76 bits per heavy atom. The third-order valence-electron chi connectivity index (χ3n) is 5.29. The van der Waals surface area contributed by atoms with E-state index in [1.165, 1.54) is 39.9 Å². The lowest BCUT2D eigenvalue weighted by Gasteiger charge is -2.19. The van der Waals surface area contributed by atoms with Gasteiger partial charge in [0.1, 0.15) is 15.5 Å². The Balaban J connectivity index is 1.60. The second-order valence-corrected chi connectivity index (χ2v) is 10.8. The van der Waals surface area contributed by atoms with Gasteiger partial charge in [-0.3, -0.25) is 4.79 Å². The maximum Gasteiger partial charge on any atom is 0.265 e. The number of carbonyl (C=O) groups excluding carboxylic acids is 1. The zero-order chi connectivity index (χ0) is 24.5. The lowest BCUT2D eigenvalue weighted by atomic mass is 10.1. The molecule has 0 saturated heterocycles. The van der Waals surface area contributed by atoms with Gasteiger partial charge in [0.25, 0.3) is 5.91 Å². The Hall–Kier alpha value is -2.85. The fourth-order valence-electron chi connectivity index (χ4n) is 3.52. The number of pyridine rings is 1. The Bertz CT molecular complexity index is 1470. The number of carbonyl (C=O) groups is 1. The van der Waals surface area contributed by atoms with Gasteiger partial charge in [0.2, 0.25) is 10.0 Å². The van der Waals surface area contributed by atoms with Crippen LogP contribution < -0.4 is 5.32 Å². The molecule has 0 fully saturated rings. The standard InChI is InChI=1S/C24H21ClFN3O3S2/c1-3-29(4-2)34(31,32)22-13-19(9-10-20(22)25)28-23(30)21-12-16-11-17(14-27-24(16)33-21)15-5-7-18(26)8-6-15/h5-14H,3-4H2,1-2H3,(H,28,30). The monoisotopic (exact) mass is 517 g/mol. The van der Waals surface area contributed by atoms with Crippen molar-refractivity contribution < 1.29 is 17.6 Å². The quantitative estimate of drug-likeness (QED) is 0.324. The highest BCUT2D eigenvalue weighted by Crippen LogP contribution is 2.31. The van der Waals surface area contributed by atoms with Crippen molar-refractivity contribution in [3.05, 3.63) is 76.5 Å². The van der Waals surface area contributed by atoms with Crippen LogP contribution in [0.1, 0.15) is 23.5 Å². The minimum atomic E-state index is -3.79. The molecule has 10 heteroatoms. The first-order valence-electron chi connectivity index (χ1n) is 10.5. The molecular weight excluding hydrogens is 497 g/mol. The van der Waals surface area contributed by atoms with Gasteiger partial charge in [-0.2, -0.15) is 4.31 Å². The number of nitrogens with one attached hydrogen (secondary N) is 1. The van der Waals surface area contributed by atoms with Crippen LogP contribution in [0, 0.1) is 5.82 Å². The molecule has 6 nitrogen and oxygen atoms in total. The number of rotatable bonds is 7. The number of amides is 1. The van der Waals surface area contributed by atoms with E-state index in [1.54, 1.807) is 44.3 Å². The SMILES string of the molecule is CCN(CC)S(=O)(=O)c1cc(NC(=O)c2cc3cc(-c4ccc(F)cc4)cnc3s2)ccc1Cl. The van der Waals surface area contributed by atoms with E-state index in [9.17, 15) is 17.6 Å². The van der Waals surface area contributed by atoms with E-state index >= 15 is 0 Å². The molecule has 0 atom stereocenters. The molecule has 0 aliphatic heterocycles. The van der Waals surface area contributed by atoms with Gasteiger partial charge < -0.3 is 5.32 Å². The number of thiophene rings is 1. The van der Waals surface area contributed by atoms with Crippen LogP contribution in [0.4, 0.5) is 10.1 Å². The van der Waals surface area contributed by atoms with Crippen molar-refractivity contribution in [1.29, 1.82) is 0 Å². The van der Waals surface area contributed by atoms with Gasteiger partial charge >= 0.3 is 0 Å². The lowest BCUT2D eigenvalue weighted by molar-refractivity contribution is 0.103. The molecule has 1 amide bonds. The summed E-state index contributed by atoms with van der Waals surface area (Å²) in [6, 6.07) is 14.1. The van der Waals surface area contributed by atoms with Crippen molar-refractivity contribution in [2.75, 3.05) is 18.4 Å². The van der Waals surface area contributed by atoms with Crippen LogP contribution in [0.3, 0.4) is 0 Å².